The summed E-state index contributed by atoms with van der Waals surface area (Å²) in [7, 11) is 0. The lowest BCUT2D eigenvalue weighted by Crippen LogP contribution is -2.39. The number of hydrogen-bond acceptors (Lipinski definition) is 4. The van der Waals surface area contributed by atoms with Crippen LogP contribution < -0.4 is 5.43 Å². The van der Waals surface area contributed by atoms with Gasteiger partial charge < -0.3 is 10.2 Å². The van der Waals surface area contributed by atoms with Crippen LogP contribution in [0, 0.1) is 0 Å². The van der Waals surface area contributed by atoms with Gasteiger partial charge in [-0.25, -0.2) is 5.43 Å². The average Bonchev–Trinajstić information content (AvgIpc) is 2.18. The molecule has 0 aromatic heterocycles. The number of benzene rings is 1. The first-order valence-electron chi connectivity index (χ1n) is 4.02. The molecular formula is C9H9BrN2O3. The van der Waals surface area contributed by atoms with E-state index in [0.717, 1.165) is 5.56 Å². The monoisotopic (exact) mass is 272 g/mol. The van der Waals surface area contributed by atoms with E-state index in [2.05, 4.69) is 21.0 Å². The summed E-state index contributed by atoms with van der Waals surface area (Å²) in [4.78, 5) is 10.9. The lowest BCUT2D eigenvalue weighted by Gasteiger charge is -2.09. The van der Waals surface area contributed by atoms with Crippen molar-refractivity contribution in [2.24, 2.45) is 5.10 Å². The highest BCUT2D eigenvalue weighted by atomic mass is 79.9. The van der Waals surface area contributed by atoms with Crippen molar-refractivity contribution in [3.05, 3.63) is 35.9 Å². The van der Waals surface area contributed by atoms with Crippen LogP contribution in [0.5, 0.6) is 0 Å². The molecule has 0 aliphatic rings. The minimum Gasteiger partial charge on any atom is -0.349 e. The number of amides is 1. The molecule has 0 aliphatic carbocycles. The molecule has 0 saturated heterocycles. The SMILES string of the molecule is O=C(N/N=C\c1ccccc1)C(O)(O)Br. The van der Waals surface area contributed by atoms with Crippen molar-refractivity contribution in [1.82, 2.24) is 5.43 Å². The van der Waals surface area contributed by atoms with Crippen molar-refractivity contribution in [3.8, 4) is 0 Å². The second-order valence-electron chi connectivity index (χ2n) is 2.70. The summed E-state index contributed by atoms with van der Waals surface area (Å²) >= 11 is 2.36. The molecule has 0 spiro atoms. The Bertz CT molecular complexity index is 359. The highest BCUT2D eigenvalue weighted by molar-refractivity contribution is 9.10. The van der Waals surface area contributed by atoms with Crippen LogP contribution >= 0.6 is 15.9 Å². The van der Waals surface area contributed by atoms with E-state index in [1.54, 1.807) is 12.1 Å². The standard InChI is InChI=1S/C9H9BrN2O3/c10-9(14,15)8(13)12-11-6-7-4-2-1-3-5-7/h1-6,14-15H,(H,12,13)/b11-6-. The highest BCUT2D eigenvalue weighted by Gasteiger charge is 2.28. The fourth-order valence-electron chi connectivity index (χ4n) is 0.776. The molecule has 0 radical (unpaired) electrons. The molecule has 80 valence electrons. The number of hydrazone groups is 1. The van der Waals surface area contributed by atoms with Gasteiger partial charge in [0.1, 0.15) is 0 Å². The molecule has 1 aromatic rings. The van der Waals surface area contributed by atoms with Crippen LogP contribution in [0.1, 0.15) is 5.56 Å². The molecule has 0 fully saturated rings. The molecule has 0 aliphatic heterocycles. The molecule has 3 N–H and O–H groups in total. The maximum atomic E-state index is 10.9. The van der Waals surface area contributed by atoms with Gasteiger partial charge in [-0.3, -0.25) is 4.79 Å². The maximum absolute atomic E-state index is 10.9. The molecule has 15 heavy (non-hydrogen) atoms. The van der Waals surface area contributed by atoms with Gasteiger partial charge in [-0.2, -0.15) is 5.10 Å². The zero-order valence-electron chi connectivity index (χ0n) is 7.59. The Morgan fingerprint density at radius 3 is 2.53 bits per heavy atom. The number of nitrogens with one attached hydrogen (secondary N) is 1. The molecule has 0 heterocycles. The Hall–Kier alpha value is -1.24. The van der Waals surface area contributed by atoms with Gasteiger partial charge in [-0.1, -0.05) is 30.3 Å². The first-order valence-corrected chi connectivity index (χ1v) is 4.81. The zero-order chi connectivity index (χ0) is 11.3. The molecule has 0 saturated carbocycles. The highest BCUT2D eigenvalue weighted by Crippen LogP contribution is 2.07. The second-order valence-corrected chi connectivity index (χ2v) is 3.80. The Kier molecular flexibility index (Phi) is 3.96. The summed E-state index contributed by atoms with van der Waals surface area (Å²) in [6.45, 7) is 0. The number of alkyl halides is 1. The minimum absolute atomic E-state index is 0.786. The quantitative estimate of drug-likeness (QED) is 0.318. The summed E-state index contributed by atoms with van der Waals surface area (Å²) in [5.74, 6) is -1.06. The number of nitrogens with zero attached hydrogens (tertiary/aromatic N) is 1. The number of aliphatic hydroxyl groups is 2. The van der Waals surface area contributed by atoms with Gasteiger partial charge in [0, 0.05) is 0 Å². The van der Waals surface area contributed by atoms with E-state index in [9.17, 15) is 4.79 Å². The van der Waals surface area contributed by atoms with Crippen molar-refractivity contribution in [2.75, 3.05) is 0 Å². The van der Waals surface area contributed by atoms with Gasteiger partial charge in [0.2, 0.25) is 0 Å². The van der Waals surface area contributed by atoms with Crippen molar-refractivity contribution in [3.63, 3.8) is 0 Å². The van der Waals surface area contributed by atoms with Gasteiger partial charge in [0.25, 0.3) is 0 Å². The van der Waals surface area contributed by atoms with E-state index >= 15 is 0 Å². The first kappa shape index (κ1) is 11.8. The van der Waals surface area contributed by atoms with Gasteiger partial charge in [-0.05, 0) is 21.5 Å². The van der Waals surface area contributed by atoms with E-state index < -0.39 is 10.6 Å². The largest absolute Gasteiger partial charge is 0.349 e. The fraction of sp³-hybridized carbons (Fsp3) is 0.111. The van der Waals surface area contributed by atoms with E-state index in [1.165, 1.54) is 6.21 Å². The summed E-state index contributed by atoms with van der Waals surface area (Å²) in [5.41, 5.74) is 2.74. The Labute approximate surface area is 94.6 Å². The van der Waals surface area contributed by atoms with Crippen LogP contribution in [0.2, 0.25) is 0 Å². The summed E-state index contributed by atoms with van der Waals surface area (Å²) in [6, 6.07) is 9.05. The minimum atomic E-state index is -2.60. The lowest BCUT2D eigenvalue weighted by atomic mass is 10.2. The fourth-order valence-corrected chi connectivity index (χ4v) is 0.864. The predicted molar refractivity (Wildman–Crippen MR) is 58.3 cm³/mol. The van der Waals surface area contributed by atoms with E-state index in [1.807, 2.05) is 23.6 Å². The third kappa shape index (κ3) is 4.20. The topological polar surface area (TPSA) is 81.9 Å². The van der Waals surface area contributed by atoms with E-state index in [4.69, 9.17) is 10.2 Å². The molecule has 0 unspecified atom stereocenters. The molecule has 0 bridgehead atoms. The van der Waals surface area contributed by atoms with Crippen LogP contribution in [-0.2, 0) is 4.79 Å². The zero-order valence-corrected chi connectivity index (χ0v) is 9.18. The van der Waals surface area contributed by atoms with E-state index in [0.29, 0.717) is 0 Å². The normalized spacial score (nSPS) is 11.7. The van der Waals surface area contributed by atoms with Crippen LogP contribution in [-0.4, -0.2) is 27.0 Å². The molecule has 1 amide bonds. The average molecular weight is 273 g/mol. The predicted octanol–water partition coefficient (Wildman–Crippen LogP) is 0.170. The molecular weight excluding hydrogens is 264 g/mol. The number of carbonyl (C=O) groups is 1. The van der Waals surface area contributed by atoms with Crippen molar-refractivity contribution >= 4 is 28.1 Å². The van der Waals surface area contributed by atoms with Crippen LogP contribution in [0.3, 0.4) is 0 Å². The van der Waals surface area contributed by atoms with Crippen molar-refractivity contribution in [1.29, 1.82) is 0 Å². The molecule has 6 heteroatoms. The maximum Gasteiger partial charge on any atom is 0.311 e. The second kappa shape index (κ2) is 5.01. The van der Waals surface area contributed by atoms with Crippen molar-refractivity contribution < 1.29 is 15.0 Å². The van der Waals surface area contributed by atoms with Crippen molar-refractivity contribution in [2.45, 2.75) is 4.70 Å². The smallest absolute Gasteiger partial charge is 0.311 e. The Morgan fingerprint density at radius 1 is 1.40 bits per heavy atom. The van der Waals surface area contributed by atoms with Crippen LogP contribution in [0.25, 0.3) is 0 Å². The number of rotatable bonds is 3. The summed E-state index contributed by atoms with van der Waals surface area (Å²) in [5, 5.41) is 21.1. The molecule has 0 atom stereocenters. The summed E-state index contributed by atoms with van der Waals surface area (Å²) < 4.78 is -2.60. The number of hydrogen-bond donors (Lipinski definition) is 3. The summed E-state index contributed by atoms with van der Waals surface area (Å²) in [6.07, 6.45) is 1.39. The van der Waals surface area contributed by atoms with Gasteiger partial charge in [0.15, 0.2) is 0 Å². The first-order chi connectivity index (χ1) is 7.00. The van der Waals surface area contributed by atoms with Crippen LogP contribution in [0.15, 0.2) is 35.4 Å². The Morgan fingerprint density at radius 2 is 2.00 bits per heavy atom. The van der Waals surface area contributed by atoms with Gasteiger partial charge >= 0.3 is 10.6 Å². The molecule has 1 aromatic carbocycles. The van der Waals surface area contributed by atoms with Crippen LogP contribution in [0.4, 0.5) is 0 Å². The number of carbonyl (C=O) groups excluding carboxylic acids is 1. The third-order valence-corrected chi connectivity index (χ3v) is 1.83. The Balaban J connectivity index is 2.51. The van der Waals surface area contributed by atoms with E-state index in [-0.39, 0.29) is 0 Å². The molecule has 5 nitrogen and oxygen atoms in total. The van der Waals surface area contributed by atoms with Gasteiger partial charge in [-0.15, -0.1) is 0 Å². The number of halogens is 1. The van der Waals surface area contributed by atoms with Gasteiger partial charge in [0.05, 0.1) is 6.21 Å². The third-order valence-electron chi connectivity index (χ3n) is 1.47. The molecule has 1 rings (SSSR count). The lowest BCUT2D eigenvalue weighted by molar-refractivity contribution is -0.153.